The van der Waals surface area contributed by atoms with Crippen molar-refractivity contribution >= 4 is 11.0 Å². The molecule has 0 spiro atoms. The summed E-state index contributed by atoms with van der Waals surface area (Å²) in [6.07, 6.45) is 1.11. The van der Waals surface area contributed by atoms with E-state index >= 15 is 0 Å². The predicted octanol–water partition coefficient (Wildman–Crippen LogP) is 2.62. The molecule has 1 unspecified atom stereocenters. The number of rotatable bonds is 3. The van der Waals surface area contributed by atoms with Gasteiger partial charge < -0.3 is 14.5 Å². The lowest BCUT2D eigenvalue weighted by atomic mass is 10.1. The molecular weight excluding hydrogens is 214 g/mol. The van der Waals surface area contributed by atoms with E-state index in [4.69, 9.17) is 9.15 Å². The molecule has 2 aromatic rings. The smallest absolute Gasteiger partial charge is 0.134 e. The van der Waals surface area contributed by atoms with Gasteiger partial charge in [-0.1, -0.05) is 18.2 Å². The second kappa shape index (κ2) is 4.51. The van der Waals surface area contributed by atoms with E-state index in [0.29, 0.717) is 6.04 Å². The monoisotopic (exact) mass is 231 g/mol. The van der Waals surface area contributed by atoms with Gasteiger partial charge in [0.1, 0.15) is 11.3 Å². The Morgan fingerprint density at radius 1 is 1.35 bits per heavy atom. The third-order valence-electron chi connectivity index (χ3n) is 3.40. The molecule has 1 fully saturated rings. The van der Waals surface area contributed by atoms with Crippen molar-refractivity contribution in [2.24, 2.45) is 0 Å². The molecule has 3 heteroatoms. The van der Waals surface area contributed by atoms with E-state index in [9.17, 15) is 0 Å². The first kappa shape index (κ1) is 10.8. The second-order valence-electron chi connectivity index (χ2n) is 4.57. The Morgan fingerprint density at radius 2 is 2.24 bits per heavy atom. The molecule has 90 valence electrons. The minimum absolute atomic E-state index is 0.489. The number of fused-ring (bicyclic) bond motifs is 1. The molecule has 1 N–H and O–H groups in total. The Bertz CT molecular complexity index is 512. The SMILES string of the molecule is Cc1oc2ccccc2c1CNC1CCOC1. The van der Waals surface area contributed by atoms with Crippen LogP contribution >= 0.6 is 0 Å². The van der Waals surface area contributed by atoms with Crippen molar-refractivity contribution in [2.45, 2.75) is 25.9 Å². The van der Waals surface area contributed by atoms with E-state index < -0.39 is 0 Å². The van der Waals surface area contributed by atoms with Gasteiger partial charge in [-0.25, -0.2) is 0 Å². The Kier molecular flexibility index (Phi) is 2.87. The number of para-hydroxylation sites is 1. The average molecular weight is 231 g/mol. The standard InChI is InChI=1S/C14H17NO2/c1-10-13(8-15-11-6-7-16-9-11)12-4-2-3-5-14(12)17-10/h2-5,11,15H,6-9H2,1H3. The fraction of sp³-hybridized carbons (Fsp3) is 0.429. The molecule has 1 saturated heterocycles. The third-order valence-corrected chi connectivity index (χ3v) is 3.40. The van der Waals surface area contributed by atoms with Crippen molar-refractivity contribution < 1.29 is 9.15 Å². The molecule has 3 nitrogen and oxygen atoms in total. The maximum Gasteiger partial charge on any atom is 0.134 e. The van der Waals surface area contributed by atoms with Crippen LogP contribution in [0.4, 0.5) is 0 Å². The van der Waals surface area contributed by atoms with Crippen LogP contribution in [0, 0.1) is 6.92 Å². The zero-order valence-electron chi connectivity index (χ0n) is 10.0. The van der Waals surface area contributed by atoms with Gasteiger partial charge in [-0.05, 0) is 19.4 Å². The minimum Gasteiger partial charge on any atom is -0.461 e. The van der Waals surface area contributed by atoms with Crippen LogP contribution in [0.1, 0.15) is 17.7 Å². The first-order valence-corrected chi connectivity index (χ1v) is 6.13. The van der Waals surface area contributed by atoms with E-state index in [1.807, 2.05) is 19.1 Å². The van der Waals surface area contributed by atoms with Gasteiger partial charge >= 0.3 is 0 Å². The molecule has 0 saturated carbocycles. The van der Waals surface area contributed by atoms with Gasteiger partial charge in [0.15, 0.2) is 0 Å². The number of hydrogen-bond donors (Lipinski definition) is 1. The number of nitrogens with one attached hydrogen (secondary N) is 1. The van der Waals surface area contributed by atoms with Crippen LogP contribution in [0.25, 0.3) is 11.0 Å². The van der Waals surface area contributed by atoms with E-state index in [1.54, 1.807) is 0 Å². The van der Waals surface area contributed by atoms with Crippen LogP contribution < -0.4 is 5.32 Å². The maximum atomic E-state index is 5.74. The lowest BCUT2D eigenvalue weighted by Gasteiger charge is -2.09. The van der Waals surface area contributed by atoms with Crippen LogP contribution in [-0.4, -0.2) is 19.3 Å². The van der Waals surface area contributed by atoms with Gasteiger partial charge in [0, 0.05) is 30.1 Å². The van der Waals surface area contributed by atoms with Crippen LogP contribution in [-0.2, 0) is 11.3 Å². The van der Waals surface area contributed by atoms with Crippen molar-refractivity contribution in [3.63, 3.8) is 0 Å². The number of hydrogen-bond acceptors (Lipinski definition) is 3. The number of benzene rings is 1. The van der Waals surface area contributed by atoms with Crippen molar-refractivity contribution in [3.8, 4) is 0 Å². The third kappa shape index (κ3) is 2.08. The van der Waals surface area contributed by atoms with Gasteiger partial charge in [-0.2, -0.15) is 0 Å². The second-order valence-corrected chi connectivity index (χ2v) is 4.57. The lowest BCUT2D eigenvalue weighted by molar-refractivity contribution is 0.190. The average Bonchev–Trinajstić information content (AvgIpc) is 2.93. The number of aryl methyl sites for hydroxylation is 1. The van der Waals surface area contributed by atoms with E-state index in [0.717, 1.165) is 37.5 Å². The highest BCUT2D eigenvalue weighted by molar-refractivity contribution is 5.82. The summed E-state index contributed by atoms with van der Waals surface area (Å²) in [5, 5.41) is 4.75. The minimum atomic E-state index is 0.489. The number of furan rings is 1. The predicted molar refractivity (Wildman–Crippen MR) is 67.0 cm³/mol. The van der Waals surface area contributed by atoms with Crippen molar-refractivity contribution in [1.82, 2.24) is 5.32 Å². The molecule has 1 atom stereocenters. The molecule has 0 aliphatic carbocycles. The molecule has 2 heterocycles. The van der Waals surface area contributed by atoms with Crippen molar-refractivity contribution in [2.75, 3.05) is 13.2 Å². The Hall–Kier alpha value is -1.32. The highest BCUT2D eigenvalue weighted by Gasteiger charge is 2.16. The normalized spacial score (nSPS) is 20.2. The van der Waals surface area contributed by atoms with Crippen LogP contribution in [0.2, 0.25) is 0 Å². The zero-order chi connectivity index (χ0) is 11.7. The molecule has 17 heavy (non-hydrogen) atoms. The lowest BCUT2D eigenvalue weighted by Crippen LogP contribution is -2.28. The van der Waals surface area contributed by atoms with Gasteiger partial charge in [0.25, 0.3) is 0 Å². The molecule has 1 aromatic heterocycles. The highest BCUT2D eigenvalue weighted by atomic mass is 16.5. The summed E-state index contributed by atoms with van der Waals surface area (Å²) in [5.41, 5.74) is 2.25. The van der Waals surface area contributed by atoms with Gasteiger partial charge in [-0.3, -0.25) is 0 Å². The molecule has 1 aromatic carbocycles. The van der Waals surface area contributed by atoms with Crippen LogP contribution in [0.15, 0.2) is 28.7 Å². The van der Waals surface area contributed by atoms with Crippen LogP contribution in [0.5, 0.6) is 0 Å². The zero-order valence-corrected chi connectivity index (χ0v) is 10.0. The summed E-state index contributed by atoms with van der Waals surface area (Å²) in [6, 6.07) is 8.69. The molecule has 0 bridgehead atoms. The Morgan fingerprint density at radius 3 is 3.06 bits per heavy atom. The summed E-state index contributed by atoms with van der Waals surface area (Å²) in [4.78, 5) is 0. The highest BCUT2D eigenvalue weighted by Crippen LogP contribution is 2.25. The molecule has 1 aliphatic heterocycles. The van der Waals surface area contributed by atoms with Gasteiger partial charge in [0.05, 0.1) is 6.61 Å². The van der Waals surface area contributed by atoms with Crippen molar-refractivity contribution in [3.05, 3.63) is 35.6 Å². The first-order chi connectivity index (χ1) is 8.34. The fourth-order valence-corrected chi connectivity index (χ4v) is 2.38. The molecule has 3 rings (SSSR count). The summed E-state index contributed by atoms with van der Waals surface area (Å²) >= 11 is 0. The maximum absolute atomic E-state index is 5.74. The van der Waals surface area contributed by atoms with Gasteiger partial charge in [0.2, 0.25) is 0 Å². The summed E-state index contributed by atoms with van der Waals surface area (Å²) in [5.74, 6) is 1.01. The van der Waals surface area contributed by atoms with Crippen molar-refractivity contribution in [1.29, 1.82) is 0 Å². The molecular formula is C14H17NO2. The molecule has 1 aliphatic rings. The first-order valence-electron chi connectivity index (χ1n) is 6.13. The Balaban J connectivity index is 1.81. The van der Waals surface area contributed by atoms with E-state index in [2.05, 4.69) is 17.4 Å². The quantitative estimate of drug-likeness (QED) is 0.881. The van der Waals surface area contributed by atoms with Gasteiger partial charge in [-0.15, -0.1) is 0 Å². The summed E-state index contributed by atoms with van der Waals surface area (Å²) in [7, 11) is 0. The largest absolute Gasteiger partial charge is 0.461 e. The topological polar surface area (TPSA) is 34.4 Å². The summed E-state index contributed by atoms with van der Waals surface area (Å²) in [6.45, 7) is 4.59. The Labute approximate surface area is 101 Å². The van der Waals surface area contributed by atoms with Crippen LogP contribution in [0.3, 0.4) is 0 Å². The fourth-order valence-electron chi connectivity index (χ4n) is 2.38. The molecule has 0 amide bonds. The number of ether oxygens (including phenoxy) is 1. The summed E-state index contributed by atoms with van der Waals surface area (Å²) < 4.78 is 11.1. The van der Waals surface area contributed by atoms with E-state index in [-0.39, 0.29) is 0 Å². The molecule has 0 radical (unpaired) electrons. The van der Waals surface area contributed by atoms with E-state index in [1.165, 1.54) is 10.9 Å².